The summed E-state index contributed by atoms with van der Waals surface area (Å²) in [5.41, 5.74) is 2.61. The summed E-state index contributed by atoms with van der Waals surface area (Å²) in [6, 6.07) is 6.62. The molecule has 1 saturated heterocycles. The molecule has 1 aromatic carbocycles. The normalized spacial score (nSPS) is 19.7. The minimum absolute atomic E-state index is 0.0728. The molecule has 118 valence electrons. The van der Waals surface area contributed by atoms with Gasteiger partial charge in [0.15, 0.2) is 0 Å². The average molecular weight is 319 g/mol. The zero-order valence-electron chi connectivity index (χ0n) is 11.9. The SMILES string of the molecule is CN1CCN(C(CN)c2ccc(SC(F)(F)F)cc2)CC1. The fourth-order valence-electron chi connectivity index (χ4n) is 2.52. The number of likely N-dealkylation sites (N-methyl/N-ethyl adjacent to an activating group) is 1. The molecule has 2 N–H and O–H groups in total. The number of alkyl halides is 3. The molecule has 1 aromatic rings. The van der Waals surface area contributed by atoms with Gasteiger partial charge in [-0.2, -0.15) is 13.2 Å². The second-order valence-corrected chi connectivity index (χ2v) is 6.35. The lowest BCUT2D eigenvalue weighted by Gasteiger charge is -2.37. The Labute approximate surface area is 127 Å². The first-order chi connectivity index (χ1) is 9.89. The van der Waals surface area contributed by atoms with E-state index < -0.39 is 5.51 Å². The maximum Gasteiger partial charge on any atom is 0.446 e. The highest BCUT2D eigenvalue weighted by atomic mass is 32.2. The van der Waals surface area contributed by atoms with E-state index in [0.717, 1.165) is 31.7 Å². The van der Waals surface area contributed by atoms with Crippen LogP contribution in [0.1, 0.15) is 11.6 Å². The maximum atomic E-state index is 12.3. The first-order valence-electron chi connectivity index (χ1n) is 6.87. The molecule has 3 nitrogen and oxygen atoms in total. The van der Waals surface area contributed by atoms with E-state index in [-0.39, 0.29) is 22.7 Å². The molecule has 0 saturated carbocycles. The lowest BCUT2D eigenvalue weighted by Crippen LogP contribution is -2.47. The van der Waals surface area contributed by atoms with E-state index in [2.05, 4.69) is 16.8 Å². The molecule has 1 unspecified atom stereocenters. The molecule has 0 amide bonds. The number of halogens is 3. The minimum Gasteiger partial charge on any atom is -0.329 e. The molecule has 1 aliphatic heterocycles. The summed E-state index contributed by atoms with van der Waals surface area (Å²) in [7, 11) is 2.08. The van der Waals surface area contributed by atoms with Gasteiger partial charge in [0.05, 0.1) is 0 Å². The van der Waals surface area contributed by atoms with E-state index in [1.807, 2.05) is 0 Å². The number of benzene rings is 1. The van der Waals surface area contributed by atoms with E-state index in [9.17, 15) is 13.2 Å². The third kappa shape index (κ3) is 4.88. The molecule has 1 aliphatic rings. The monoisotopic (exact) mass is 319 g/mol. The van der Waals surface area contributed by atoms with E-state index in [4.69, 9.17) is 5.73 Å². The van der Waals surface area contributed by atoms with Crippen molar-refractivity contribution in [3.8, 4) is 0 Å². The Hall–Kier alpha value is -0.760. The molecule has 7 heteroatoms. The van der Waals surface area contributed by atoms with Crippen LogP contribution < -0.4 is 5.73 Å². The van der Waals surface area contributed by atoms with E-state index >= 15 is 0 Å². The van der Waals surface area contributed by atoms with Crippen LogP contribution in [-0.4, -0.2) is 55.1 Å². The van der Waals surface area contributed by atoms with E-state index in [1.165, 1.54) is 12.1 Å². The summed E-state index contributed by atoms with van der Waals surface area (Å²) in [6.45, 7) is 4.29. The van der Waals surface area contributed by atoms with Crippen LogP contribution in [0.5, 0.6) is 0 Å². The van der Waals surface area contributed by atoms with Crippen molar-refractivity contribution in [1.29, 1.82) is 0 Å². The second-order valence-electron chi connectivity index (χ2n) is 5.21. The number of piperazine rings is 1. The first kappa shape index (κ1) is 16.6. The van der Waals surface area contributed by atoms with Crippen LogP contribution in [-0.2, 0) is 0 Å². The quantitative estimate of drug-likeness (QED) is 0.865. The average Bonchev–Trinajstić information content (AvgIpc) is 2.42. The van der Waals surface area contributed by atoms with Crippen molar-refractivity contribution in [2.45, 2.75) is 16.4 Å². The number of nitrogens with zero attached hydrogens (tertiary/aromatic N) is 2. The van der Waals surface area contributed by atoms with Gasteiger partial charge in [-0.05, 0) is 36.5 Å². The van der Waals surface area contributed by atoms with E-state index in [0.29, 0.717) is 6.54 Å². The number of rotatable bonds is 4. The van der Waals surface area contributed by atoms with Crippen molar-refractivity contribution in [2.24, 2.45) is 5.73 Å². The summed E-state index contributed by atoms with van der Waals surface area (Å²) in [6.07, 6.45) is 0. The zero-order valence-corrected chi connectivity index (χ0v) is 12.8. The summed E-state index contributed by atoms with van der Waals surface area (Å²) >= 11 is -0.0869. The van der Waals surface area contributed by atoms with Gasteiger partial charge in [-0.25, -0.2) is 0 Å². The van der Waals surface area contributed by atoms with Crippen molar-refractivity contribution < 1.29 is 13.2 Å². The molecule has 0 aromatic heterocycles. The predicted molar refractivity (Wildman–Crippen MR) is 79.2 cm³/mol. The molecule has 0 radical (unpaired) electrons. The molecular formula is C14H20F3N3S. The van der Waals surface area contributed by atoms with E-state index in [1.54, 1.807) is 12.1 Å². The molecular weight excluding hydrogens is 299 g/mol. The maximum absolute atomic E-state index is 12.3. The van der Waals surface area contributed by atoms with Gasteiger partial charge < -0.3 is 10.6 Å². The van der Waals surface area contributed by atoms with Gasteiger partial charge in [-0.1, -0.05) is 12.1 Å². The standard InChI is InChI=1S/C14H20F3N3S/c1-19-6-8-20(9-7-19)13(10-18)11-2-4-12(5-3-11)21-14(15,16)17/h2-5,13H,6-10,18H2,1H3. The Morgan fingerprint density at radius 3 is 2.19 bits per heavy atom. The highest BCUT2D eigenvalue weighted by Crippen LogP contribution is 2.37. The molecule has 1 fully saturated rings. The fraction of sp³-hybridized carbons (Fsp3) is 0.571. The summed E-state index contributed by atoms with van der Waals surface area (Å²) < 4.78 is 37.0. The number of nitrogens with two attached hydrogens (primary N) is 1. The third-order valence-electron chi connectivity index (χ3n) is 3.70. The fourth-order valence-corrected chi connectivity index (χ4v) is 3.06. The Bertz CT molecular complexity index is 442. The molecule has 0 aliphatic carbocycles. The number of hydrogen-bond donors (Lipinski definition) is 1. The van der Waals surface area contributed by atoms with Gasteiger partial charge in [0.1, 0.15) is 0 Å². The Morgan fingerprint density at radius 1 is 1.14 bits per heavy atom. The third-order valence-corrected chi connectivity index (χ3v) is 4.44. The Morgan fingerprint density at radius 2 is 1.71 bits per heavy atom. The minimum atomic E-state index is -4.24. The van der Waals surface area contributed by atoms with Crippen molar-refractivity contribution in [2.75, 3.05) is 39.8 Å². The lowest BCUT2D eigenvalue weighted by atomic mass is 10.0. The van der Waals surface area contributed by atoms with Crippen LogP contribution in [0, 0.1) is 0 Å². The molecule has 1 heterocycles. The first-order valence-corrected chi connectivity index (χ1v) is 7.69. The molecule has 0 spiro atoms. The molecule has 0 bridgehead atoms. The second kappa shape index (κ2) is 7.00. The van der Waals surface area contributed by atoms with Crippen molar-refractivity contribution in [1.82, 2.24) is 9.80 Å². The van der Waals surface area contributed by atoms with Gasteiger partial charge in [0.25, 0.3) is 0 Å². The van der Waals surface area contributed by atoms with Crippen molar-refractivity contribution in [3.05, 3.63) is 29.8 Å². The topological polar surface area (TPSA) is 32.5 Å². The van der Waals surface area contributed by atoms with Crippen molar-refractivity contribution >= 4 is 11.8 Å². The Balaban J connectivity index is 2.05. The van der Waals surface area contributed by atoms with Crippen molar-refractivity contribution in [3.63, 3.8) is 0 Å². The van der Waals surface area contributed by atoms with Gasteiger partial charge in [0, 0.05) is 43.7 Å². The highest BCUT2D eigenvalue weighted by Gasteiger charge is 2.29. The van der Waals surface area contributed by atoms with Crippen LogP contribution in [0.2, 0.25) is 0 Å². The predicted octanol–water partition coefficient (Wildman–Crippen LogP) is 2.55. The van der Waals surface area contributed by atoms with Crippen LogP contribution in [0.3, 0.4) is 0 Å². The zero-order chi connectivity index (χ0) is 15.5. The lowest BCUT2D eigenvalue weighted by molar-refractivity contribution is -0.0328. The summed E-state index contributed by atoms with van der Waals surface area (Å²) in [4.78, 5) is 4.76. The van der Waals surface area contributed by atoms with Gasteiger partial charge in [-0.3, -0.25) is 4.90 Å². The Kier molecular flexibility index (Phi) is 5.54. The van der Waals surface area contributed by atoms with Gasteiger partial charge >= 0.3 is 5.51 Å². The summed E-state index contributed by atoms with van der Waals surface area (Å²) in [5.74, 6) is 0. The van der Waals surface area contributed by atoms with Crippen LogP contribution >= 0.6 is 11.8 Å². The molecule has 1 atom stereocenters. The highest BCUT2D eigenvalue weighted by molar-refractivity contribution is 8.00. The number of hydrogen-bond acceptors (Lipinski definition) is 4. The largest absolute Gasteiger partial charge is 0.446 e. The number of thioether (sulfide) groups is 1. The van der Waals surface area contributed by atoms with Gasteiger partial charge in [0.2, 0.25) is 0 Å². The smallest absolute Gasteiger partial charge is 0.329 e. The van der Waals surface area contributed by atoms with Crippen LogP contribution in [0.15, 0.2) is 29.2 Å². The summed E-state index contributed by atoms with van der Waals surface area (Å²) in [5, 5.41) is 0. The van der Waals surface area contributed by atoms with Crippen LogP contribution in [0.4, 0.5) is 13.2 Å². The molecule has 2 rings (SSSR count). The molecule has 21 heavy (non-hydrogen) atoms. The van der Waals surface area contributed by atoms with Gasteiger partial charge in [-0.15, -0.1) is 0 Å². The van der Waals surface area contributed by atoms with Crippen LogP contribution in [0.25, 0.3) is 0 Å².